The Labute approximate surface area is 185 Å². The molecular formula is C22H29N3O7. The van der Waals surface area contributed by atoms with Gasteiger partial charge in [-0.05, 0) is 30.5 Å². The summed E-state index contributed by atoms with van der Waals surface area (Å²) >= 11 is 0. The highest BCUT2D eigenvalue weighted by Gasteiger charge is 2.19. The summed E-state index contributed by atoms with van der Waals surface area (Å²) in [7, 11) is 0. The summed E-state index contributed by atoms with van der Waals surface area (Å²) in [5.74, 6) is -0.453. The SMILES string of the molecule is C[C@@H]1/C=C\C(=O)CCC/C=C/c2cc(OCCn3ccnn3)cc(O)c2C(=O)OC1.O.O. The number of aromatic nitrogens is 3. The summed E-state index contributed by atoms with van der Waals surface area (Å²) in [6.07, 6.45) is 12.0. The Morgan fingerprint density at radius 1 is 1.25 bits per heavy atom. The van der Waals surface area contributed by atoms with Gasteiger partial charge in [0.2, 0.25) is 0 Å². The fourth-order valence-electron chi connectivity index (χ4n) is 2.96. The number of hydrogen-bond acceptors (Lipinski definition) is 7. The smallest absolute Gasteiger partial charge is 0.342 e. The molecule has 3 rings (SSSR count). The van der Waals surface area contributed by atoms with Crippen LogP contribution in [0.15, 0.2) is 42.8 Å². The van der Waals surface area contributed by atoms with Gasteiger partial charge in [0.05, 0.1) is 19.3 Å². The molecule has 0 fully saturated rings. The van der Waals surface area contributed by atoms with Crippen molar-refractivity contribution in [2.24, 2.45) is 5.92 Å². The zero-order valence-electron chi connectivity index (χ0n) is 17.9. The minimum atomic E-state index is -0.620. The van der Waals surface area contributed by atoms with E-state index in [-0.39, 0.29) is 40.6 Å². The van der Waals surface area contributed by atoms with Gasteiger partial charge in [-0.25, -0.2) is 9.48 Å². The molecular weight excluding hydrogens is 418 g/mol. The maximum Gasteiger partial charge on any atom is 0.342 e. The molecule has 32 heavy (non-hydrogen) atoms. The molecule has 0 saturated heterocycles. The van der Waals surface area contributed by atoms with Crippen molar-refractivity contribution in [2.75, 3.05) is 13.2 Å². The number of carbonyl (C=O) groups excluding carboxylic acids is 2. The second-order valence-corrected chi connectivity index (χ2v) is 7.12. The van der Waals surface area contributed by atoms with Crippen molar-refractivity contribution in [1.29, 1.82) is 0 Å². The molecule has 1 aliphatic rings. The lowest BCUT2D eigenvalue weighted by molar-refractivity contribution is -0.114. The van der Waals surface area contributed by atoms with E-state index in [0.29, 0.717) is 43.7 Å². The van der Waals surface area contributed by atoms with Crippen LogP contribution in [-0.4, -0.2) is 56.0 Å². The van der Waals surface area contributed by atoms with Crippen molar-refractivity contribution in [3.63, 3.8) is 0 Å². The lowest BCUT2D eigenvalue weighted by Crippen LogP contribution is -2.13. The van der Waals surface area contributed by atoms with Gasteiger partial charge in [0.15, 0.2) is 5.78 Å². The Bertz CT molecular complexity index is 939. The third-order valence-electron chi connectivity index (χ3n) is 4.57. The molecule has 0 aliphatic carbocycles. The summed E-state index contributed by atoms with van der Waals surface area (Å²) in [6, 6.07) is 3.09. The number of carbonyl (C=O) groups is 2. The largest absolute Gasteiger partial charge is 0.507 e. The second kappa shape index (κ2) is 13.0. The van der Waals surface area contributed by atoms with Crippen LogP contribution in [0.3, 0.4) is 0 Å². The van der Waals surface area contributed by atoms with Crippen molar-refractivity contribution < 1.29 is 35.1 Å². The van der Waals surface area contributed by atoms with Gasteiger partial charge in [0.25, 0.3) is 0 Å². The lowest BCUT2D eigenvalue weighted by atomic mass is 10.0. The number of ether oxygens (including phenoxy) is 2. The van der Waals surface area contributed by atoms with Crippen LogP contribution in [0, 0.1) is 5.92 Å². The molecule has 1 aliphatic heterocycles. The normalized spacial score (nSPS) is 18.7. The molecule has 2 aromatic rings. The van der Waals surface area contributed by atoms with Gasteiger partial charge in [-0.1, -0.05) is 30.4 Å². The molecule has 1 aromatic heterocycles. The van der Waals surface area contributed by atoms with E-state index in [1.54, 1.807) is 41.4 Å². The van der Waals surface area contributed by atoms with Crippen LogP contribution in [0.2, 0.25) is 0 Å². The van der Waals surface area contributed by atoms with Gasteiger partial charge >= 0.3 is 5.97 Å². The number of hydrogen-bond donors (Lipinski definition) is 1. The molecule has 10 heteroatoms. The first-order chi connectivity index (χ1) is 14.5. The highest BCUT2D eigenvalue weighted by Crippen LogP contribution is 2.30. The Morgan fingerprint density at radius 2 is 2.06 bits per heavy atom. The van der Waals surface area contributed by atoms with Crippen LogP contribution >= 0.6 is 0 Å². The van der Waals surface area contributed by atoms with Crippen LogP contribution < -0.4 is 4.74 Å². The number of ketones is 1. The first-order valence-electron chi connectivity index (χ1n) is 9.91. The van der Waals surface area contributed by atoms with Crippen molar-refractivity contribution in [3.8, 4) is 11.5 Å². The van der Waals surface area contributed by atoms with E-state index in [4.69, 9.17) is 9.47 Å². The van der Waals surface area contributed by atoms with Crippen molar-refractivity contribution in [2.45, 2.75) is 32.7 Å². The predicted molar refractivity (Wildman–Crippen MR) is 117 cm³/mol. The molecule has 10 nitrogen and oxygen atoms in total. The average Bonchev–Trinajstić information content (AvgIpc) is 3.23. The van der Waals surface area contributed by atoms with Crippen LogP contribution in [-0.2, 0) is 16.1 Å². The van der Waals surface area contributed by atoms with E-state index in [0.717, 1.165) is 0 Å². The van der Waals surface area contributed by atoms with Crippen molar-refractivity contribution in [1.82, 2.24) is 15.0 Å². The van der Waals surface area contributed by atoms with Crippen LogP contribution in [0.25, 0.3) is 6.08 Å². The Morgan fingerprint density at radius 3 is 2.81 bits per heavy atom. The Kier molecular flexibility index (Phi) is 10.8. The van der Waals surface area contributed by atoms with Crippen LogP contribution in [0.1, 0.15) is 42.1 Å². The highest BCUT2D eigenvalue weighted by atomic mass is 16.5. The van der Waals surface area contributed by atoms with Gasteiger partial charge < -0.3 is 25.5 Å². The summed E-state index contributed by atoms with van der Waals surface area (Å²) in [5.41, 5.74) is 0.599. The molecule has 174 valence electrons. The number of benzene rings is 1. The van der Waals surface area contributed by atoms with Crippen LogP contribution in [0.5, 0.6) is 11.5 Å². The van der Waals surface area contributed by atoms with E-state index in [1.165, 1.54) is 6.07 Å². The van der Waals surface area contributed by atoms with Crippen molar-refractivity contribution in [3.05, 3.63) is 53.9 Å². The van der Waals surface area contributed by atoms with E-state index >= 15 is 0 Å². The summed E-state index contributed by atoms with van der Waals surface area (Å²) in [6.45, 7) is 2.79. The molecule has 0 bridgehead atoms. The minimum absolute atomic E-state index is 0. The van der Waals surface area contributed by atoms with E-state index in [1.807, 2.05) is 13.0 Å². The molecule has 2 heterocycles. The second-order valence-electron chi connectivity index (χ2n) is 7.12. The van der Waals surface area contributed by atoms with Gasteiger partial charge in [-0.2, -0.15) is 0 Å². The van der Waals surface area contributed by atoms with Crippen LogP contribution in [0.4, 0.5) is 0 Å². The van der Waals surface area contributed by atoms with Gasteiger partial charge in [0, 0.05) is 24.6 Å². The van der Waals surface area contributed by atoms with E-state index < -0.39 is 5.97 Å². The molecule has 0 saturated carbocycles. The number of rotatable bonds is 4. The maximum absolute atomic E-state index is 12.6. The first kappa shape index (κ1) is 26.5. The molecule has 1 atom stereocenters. The quantitative estimate of drug-likeness (QED) is 0.693. The summed E-state index contributed by atoms with van der Waals surface area (Å²) in [5, 5.41) is 18.1. The number of aromatic hydroxyl groups is 1. The molecule has 0 amide bonds. The third kappa shape index (κ3) is 7.64. The monoisotopic (exact) mass is 447 g/mol. The molecule has 0 spiro atoms. The topological polar surface area (TPSA) is 167 Å². The summed E-state index contributed by atoms with van der Waals surface area (Å²) in [4.78, 5) is 24.5. The van der Waals surface area contributed by atoms with E-state index in [9.17, 15) is 14.7 Å². The highest BCUT2D eigenvalue weighted by molar-refractivity contribution is 5.97. The first-order valence-corrected chi connectivity index (χ1v) is 9.91. The molecule has 0 radical (unpaired) electrons. The standard InChI is InChI=1S/C22H25N3O5.2H2O/c1-16-7-8-18(26)6-4-2-3-5-17-13-19(29-12-11-25-10-9-23-24-25)14-20(27)21(17)22(28)30-15-16;;/h3,5,7-10,13-14,16,27H,2,4,6,11-12,15H2,1H3;2*1H2/b5-3+,8-7-;;/t16-;;/m1../s1. The Hall–Kier alpha value is -3.50. The number of fused-ring (bicyclic) bond motifs is 1. The number of esters is 1. The number of phenols is 1. The number of cyclic esters (lactones) is 1. The van der Waals surface area contributed by atoms with Gasteiger partial charge in [-0.3, -0.25) is 4.79 Å². The zero-order valence-corrected chi connectivity index (χ0v) is 17.9. The summed E-state index contributed by atoms with van der Waals surface area (Å²) < 4.78 is 12.7. The predicted octanol–water partition coefficient (Wildman–Crippen LogP) is 1.53. The average molecular weight is 447 g/mol. The zero-order chi connectivity index (χ0) is 21.3. The number of phenolic OH excluding ortho intramolecular Hbond substituents is 1. The lowest BCUT2D eigenvalue weighted by Gasteiger charge is -2.14. The third-order valence-corrected chi connectivity index (χ3v) is 4.57. The van der Waals surface area contributed by atoms with E-state index in [2.05, 4.69) is 10.3 Å². The molecule has 0 unspecified atom stereocenters. The number of nitrogens with zero attached hydrogens (tertiary/aromatic N) is 3. The molecule has 5 N–H and O–H groups in total. The van der Waals surface area contributed by atoms with Gasteiger partial charge in [-0.15, -0.1) is 5.10 Å². The molecule has 1 aromatic carbocycles. The fourth-order valence-corrected chi connectivity index (χ4v) is 2.96. The fraction of sp³-hybridized carbons (Fsp3) is 0.364. The van der Waals surface area contributed by atoms with Crippen molar-refractivity contribution >= 4 is 17.8 Å². The number of allylic oxidation sites excluding steroid dienone is 2. The Balaban J connectivity index is 0.00000256. The minimum Gasteiger partial charge on any atom is -0.507 e. The van der Waals surface area contributed by atoms with Gasteiger partial charge in [0.1, 0.15) is 23.7 Å². The maximum atomic E-state index is 12.6.